The Balaban J connectivity index is 1.93. The third-order valence-electron chi connectivity index (χ3n) is 3.81. The first-order valence-electron chi connectivity index (χ1n) is 6.16. The van der Waals surface area contributed by atoms with Gasteiger partial charge in [0.15, 0.2) is 0 Å². The van der Waals surface area contributed by atoms with E-state index in [4.69, 9.17) is 11.5 Å². The van der Waals surface area contributed by atoms with Gasteiger partial charge in [0, 0.05) is 22.5 Å². The highest BCUT2D eigenvalue weighted by Gasteiger charge is 2.44. The number of rotatable bonds is 3. The molecule has 1 saturated carbocycles. The van der Waals surface area contributed by atoms with Crippen molar-refractivity contribution < 1.29 is 4.79 Å². The Kier molecular flexibility index (Phi) is 2.75. The number of nitrogens with two attached hydrogens (primary N) is 2. The summed E-state index contributed by atoms with van der Waals surface area (Å²) in [5, 5.41) is 0. The molecule has 2 aliphatic rings. The maximum Gasteiger partial charge on any atom is 0.237 e. The van der Waals surface area contributed by atoms with Gasteiger partial charge in [-0.1, -0.05) is 0 Å². The van der Waals surface area contributed by atoms with E-state index in [0.717, 1.165) is 30.0 Å². The topological polar surface area (TPSA) is 72.3 Å². The summed E-state index contributed by atoms with van der Waals surface area (Å²) in [5.74, 6) is 0.676. The molecule has 1 aromatic rings. The van der Waals surface area contributed by atoms with Crippen LogP contribution in [0.3, 0.4) is 0 Å². The number of hydrogen-bond acceptors (Lipinski definition) is 4. The summed E-state index contributed by atoms with van der Waals surface area (Å²) in [7, 11) is 0. The van der Waals surface area contributed by atoms with Crippen LogP contribution in [0.4, 0.5) is 11.4 Å². The second kappa shape index (κ2) is 4.17. The van der Waals surface area contributed by atoms with Crippen LogP contribution in [-0.2, 0) is 4.79 Å². The zero-order valence-electron chi connectivity index (χ0n) is 10.2. The van der Waals surface area contributed by atoms with Gasteiger partial charge in [-0.15, -0.1) is 11.8 Å². The maximum absolute atomic E-state index is 12.1. The Morgan fingerprint density at radius 1 is 1.39 bits per heavy atom. The van der Waals surface area contributed by atoms with Crippen molar-refractivity contribution in [2.24, 2.45) is 11.1 Å². The van der Waals surface area contributed by atoms with Gasteiger partial charge in [0.1, 0.15) is 0 Å². The molecule has 1 aliphatic heterocycles. The lowest BCUT2D eigenvalue weighted by atomic mass is 10.1. The van der Waals surface area contributed by atoms with Crippen LogP contribution in [0.25, 0.3) is 0 Å². The van der Waals surface area contributed by atoms with Crippen LogP contribution in [0.1, 0.15) is 12.8 Å². The minimum absolute atomic E-state index is 0.152. The van der Waals surface area contributed by atoms with Crippen LogP contribution in [0.2, 0.25) is 0 Å². The smallest absolute Gasteiger partial charge is 0.237 e. The first kappa shape index (κ1) is 11.9. The summed E-state index contributed by atoms with van der Waals surface area (Å²) >= 11 is 1.59. The number of nitrogens with zero attached hydrogens (tertiary/aromatic N) is 1. The molecule has 4 nitrogen and oxygen atoms in total. The summed E-state index contributed by atoms with van der Waals surface area (Å²) < 4.78 is 0. The first-order valence-corrected chi connectivity index (χ1v) is 7.15. The SMILES string of the molecule is NCC1(CN2C(=O)CSc3ccc(N)cc32)CC1. The van der Waals surface area contributed by atoms with Gasteiger partial charge in [0.2, 0.25) is 5.91 Å². The van der Waals surface area contributed by atoms with E-state index in [1.807, 2.05) is 23.1 Å². The molecule has 1 aromatic carbocycles. The number of fused-ring (bicyclic) bond motifs is 1. The highest BCUT2D eigenvalue weighted by molar-refractivity contribution is 8.00. The standard InChI is InChI=1S/C13H17N3OS/c14-7-13(3-4-13)8-16-10-5-9(15)1-2-11(10)18-6-12(16)17/h1-2,5H,3-4,6-8,14-15H2. The molecule has 3 rings (SSSR count). The molecule has 4 N–H and O–H groups in total. The largest absolute Gasteiger partial charge is 0.399 e. The number of thioether (sulfide) groups is 1. The fraction of sp³-hybridized carbons (Fsp3) is 0.462. The van der Waals surface area contributed by atoms with E-state index >= 15 is 0 Å². The summed E-state index contributed by atoms with van der Waals surface area (Å²) in [6.07, 6.45) is 2.25. The number of benzene rings is 1. The minimum Gasteiger partial charge on any atom is -0.399 e. The van der Waals surface area contributed by atoms with E-state index in [9.17, 15) is 4.79 Å². The van der Waals surface area contributed by atoms with Gasteiger partial charge in [-0.25, -0.2) is 0 Å². The molecule has 0 saturated heterocycles. The average molecular weight is 263 g/mol. The normalized spacial score (nSPS) is 20.7. The van der Waals surface area contributed by atoms with E-state index in [-0.39, 0.29) is 11.3 Å². The van der Waals surface area contributed by atoms with Crippen molar-refractivity contribution in [3.05, 3.63) is 18.2 Å². The van der Waals surface area contributed by atoms with Crippen molar-refractivity contribution in [2.45, 2.75) is 17.7 Å². The van der Waals surface area contributed by atoms with Crippen LogP contribution in [0.15, 0.2) is 23.1 Å². The third-order valence-corrected chi connectivity index (χ3v) is 4.86. The second-order valence-corrected chi connectivity index (χ2v) is 6.22. The van der Waals surface area contributed by atoms with Crippen LogP contribution in [0.5, 0.6) is 0 Å². The summed E-state index contributed by atoms with van der Waals surface area (Å²) in [6, 6.07) is 5.78. The zero-order chi connectivity index (χ0) is 12.8. The van der Waals surface area contributed by atoms with E-state index in [0.29, 0.717) is 18.0 Å². The molecule has 0 bridgehead atoms. The third kappa shape index (κ3) is 1.97. The van der Waals surface area contributed by atoms with Crippen molar-refractivity contribution >= 4 is 29.0 Å². The molecule has 1 amide bonds. The molecule has 5 heteroatoms. The number of hydrogen-bond donors (Lipinski definition) is 2. The second-order valence-electron chi connectivity index (χ2n) is 5.20. The Hall–Kier alpha value is -1.20. The predicted octanol–water partition coefficient (Wildman–Crippen LogP) is 1.45. The van der Waals surface area contributed by atoms with Gasteiger partial charge >= 0.3 is 0 Å². The number of anilines is 2. The zero-order valence-corrected chi connectivity index (χ0v) is 11.0. The highest BCUT2D eigenvalue weighted by Crippen LogP contribution is 2.47. The molecule has 0 spiro atoms. The van der Waals surface area contributed by atoms with E-state index in [2.05, 4.69) is 0 Å². The number of carbonyl (C=O) groups excluding carboxylic acids is 1. The first-order chi connectivity index (χ1) is 8.63. The summed E-state index contributed by atoms with van der Waals surface area (Å²) in [6.45, 7) is 1.39. The monoisotopic (exact) mass is 263 g/mol. The van der Waals surface area contributed by atoms with Crippen LogP contribution in [0, 0.1) is 5.41 Å². The van der Waals surface area contributed by atoms with Crippen molar-refractivity contribution in [3.8, 4) is 0 Å². The predicted molar refractivity (Wildman–Crippen MR) is 74.7 cm³/mol. The van der Waals surface area contributed by atoms with Crippen LogP contribution in [-0.4, -0.2) is 24.7 Å². The number of carbonyl (C=O) groups is 1. The van der Waals surface area contributed by atoms with Gasteiger partial charge in [-0.2, -0.15) is 0 Å². The van der Waals surface area contributed by atoms with E-state index < -0.39 is 0 Å². The van der Waals surface area contributed by atoms with Crippen molar-refractivity contribution in [3.63, 3.8) is 0 Å². The van der Waals surface area contributed by atoms with Gasteiger partial charge in [0.25, 0.3) is 0 Å². The summed E-state index contributed by atoms with van der Waals surface area (Å²) in [4.78, 5) is 15.1. The number of nitrogen functional groups attached to an aromatic ring is 1. The van der Waals surface area contributed by atoms with Crippen molar-refractivity contribution in [2.75, 3.05) is 29.5 Å². The fourth-order valence-electron chi connectivity index (χ4n) is 2.33. The Bertz CT molecular complexity index is 499. The van der Waals surface area contributed by atoms with Gasteiger partial charge in [-0.05, 0) is 37.6 Å². The molecule has 18 heavy (non-hydrogen) atoms. The van der Waals surface area contributed by atoms with Crippen LogP contribution < -0.4 is 16.4 Å². The molecule has 0 unspecified atom stereocenters. The lowest BCUT2D eigenvalue weighted by Crippen LogP contribution is -2.41. The van der Waals surface area contributed by atoms with Crippen molar-refractivity contribution in [1.29, 1.82) is 0 Å². The molecule has 0 atom stereocenters. The molecule has 1 fully saturated rings. The summed E-state index contributed by atoms with van der Waals surface area (Å²) in [5.41, 5.74) is 13.5. The Labute approximate surface area is 111 Å². The quantitative estimate of drug-likeness (QED) is 0.810. The maximum atomic E-state index is 12.1. The molecule has 1 heterocycles. The molecule has 0 aromatic heterocycles. The lowest BCUT2D eigenvalue weighted by Gasteiger charge is -2.32. The fourth-order valence-corrected chi connectivity index (χ4v) is 3.25. The van der Waals surface area contributed by atoms with E-state index in [1.165, 1.54) is 0 Å². The van der Waals surface area contributed by atoms with Crippen LogP contribution >= 0.6 is 11.8 Å². The van der Waals surface area contributed by atoms with Gasteiger partial charge in [-0.3, -0.25) is 4.79 Å². The van der Waals surface area contributed by atoms with Gasteiger partial charge < -0.3 is 16.4 Å². The molecule has 1 aliphatic carbocycles. The van der Waals surface area contributed by atoms with E-state index in [1.54, 1.807) is 11.8 Å². The Morgan fingerprint density at radius 3 is 2.83 bits per heavy atom. The Morgan fingerprint density at radius 2 is 2.17 bits per heavy atom. The average Bonchev–Trinajstić information content (AvgIpc) is 3.14. The molecule has 0 radical (unpaired) electrons. The highest BCUT2D eigenvalue weighted by atomic mass is 32.2. The van der Waals surface area contributed by atoms with Crippen molar-refractivity contribution in [1.82, 2.24) is 0 Å². The number of amides is 1. The van der Waals surface area contributed by atoms with Gasteiger partial charge in [0.05, 0.1) is 11.4 Å². The lowest BCUT2D eigenvalue weighted by molar-refractivity contribution is -0.116. The molecular formula is C13H17N3OS. The minimum atomic E-state index is 0.152. The molecular weight excluding hydrogens is 246 g/mol. The molecule has 96 valence electrons.